The number of nitrogens with one attached hydrogen (secondary N) is 2. The Balaban J connectivity index is 2.97. The summed E-state index contributed by atoms with van der Waals surface area (Å²) in [5.74, 6) is -5.86. The van der Waals surface area contributed by atoms with Gasteiger partial charge in [-0.25, -0.2) is 4.79 Å². The second-order valence-corrected chi connectivity index (χ2v) is 8.16. The summed E-state index contributed by atoms with van der Waals surface area (Å²) in [5.41, 5.74) is 11.0. The lowest BCUT2D eigenvalue weighted by Crippen LogP contribution is -2.57. The van der Waals surface area contributed by atoms with E-state index in [0.29, 0.717) is 25.8 Å². The molecule has 4 amide bonds. The molecule has 13 heteroatoms. The number of rotatable bonds is 13. The van der Waals surface area contributed by atoms with Gasteiger partial charge in [-0.05, 0) is 25.2 Å². The molecule has 0 aromatic rings. The number of nitrogens with two attached hydrogens (primary N) is 2. The van der Waals surface area contributed by atoms with Gasteiger partial charge in [0.05, 0.1) is 12.5 Å². The van der Waals surface area contributed by atoms with Crippen LogP contribution in [0.3, 0.4) is 0 Å². The first-order valence-corrected chi connectivity index (χ1v) is 10.8. The van der Waals surface area contributed by atoms with E-state index in [9.17, 15) is 33.9 Å². The Labute approximate surface area is 191 Å². The van der Waals surface area contributed by atoms with Gasteiger partial charge < -0.3 is 37.2 Å². The Hall–Kier alpha value is -3.22. The van der Waals surface area contributed by atoms with Crippen molar-refractivity contribution in [1.29, 1.82) is 0 Å². The van der Waals surface area contributed by atoms with Crippen molar-refractivity contribution in [2.75, 3.05) is 6.54 Å². The Morgan fingerprint density at radius 2 is 1.73 bits per heavy atom. The van der Waals surface area contributed by atoms with Gasteiger partial charge in [-0.15, -0.1) is 0 Å². The number of carboxylic acids is 2. The van der Waals surface area contributed by atoms with Gasteiger partial charge in [-0.3, -0.25) is 24.0 Å². The summed E-state index contributed by atoms with van der Waals surface area (Å²) in [6.07, 6.45) is 0.0470. The molecule has 1 heterocycles. The molecule has 5 unspecified atom stereocenters. The lowest BCUT2D eigenvalue weighted by Gasteiger charge is -2.30. The first kappa shape index (κ1) is 27.8. The molecule has 0 aromatic carbocycles. The fourth-order valence-corrected chi connectivity index (χ4v) is 3.47. The smallest absolute Gasteiger partial charge is 0.326 e. The molecule has 1 aliphatic rings. The maximum Gasteiger partial charge on any atom is 0.326 e. The van der Waals surface area contributed by atoms with Crippen molar-refractivity contribution in [1.82, 2.24) is 15.5 Å². The number of hydrogen-bond acceptors (Lipinski definition) is 7. The normalized spacial score (nSPS) is 19.1. The maximum atomic E-state index is 12.9. The molecule has 1 saturated heterocycles. The van der Waals surface area contributed by atoms with Gasteiger partial charge in [0.1, 0.15) is 18.1 Å². The van der Waals surface area contributed by atoms with Crippen LogP contribution in [0.15, 0.2) is 0 Å². The number of aliphatic carboxylic acids is 2. The molecule has 0 radical (unpaired) electrons. The van der Waals surface area contributed by atoms with Crippen LogP contribution in [0.1, 0.15) is 52.4 Å². The van der Waals surface area contributed by atoms with Crippen LogP contribution < -0.4 is 22.1 Å². The molecule has 13 nitrogen and oxygen atoms in total. The molecule has 0 spiro atoms. The third kappa shape index (κ3) is 8.33. The fourth-order valence-electron chi connectivity index (χ4n) is 3.47. The third-order valence-electron chi connectivity index (χ3n) is 5.68. The number of primary amides is 1. The SMILES string of the molecule is CCC(C)C(N)C(=O)N1CCCC1C(=O)NC(CCC(=O)O)C(=O)NC(CC(N)=O)C(=O)O. The molecule has 1 aliphatic heterocycles. The van der Waals surface area contributed by atoms with E-state index in [2.05, 4.69) is 10.6 Å². The second kappa shape index (κ2) is 12.7. The van der Waals surface area contributed by atoms with E-state index in [4.69, 9.17) is 16.6 Å². The van der Waals surface area contributed by atoms with Gasteiger partial charge in [-0.2, -0.15) is 0 Å². The minimum Gasteiger partial charge on any atom is -0.481 e. The molecule has 1 rings (SSSR count). The summed E-state index contributed by atoms with van der Waals surface area (Å²) in [6.45, 7) is 4.03. The molecule has 0 aliphatic carbocycles. The Morgan fingerprint density at radius 3 is 2.24 bits per heavy atom. The summed E-state index contributed by atoms with van der Waals surface area (Å²) in [7, 11) is 0. The number of nitrogens with zero attached hydrogens (tertiary/aromatic N) is 1. The average molecular weight is 472 g/mol. The lowest BCUT2D eigenvalue weighted by atomic mass is 9.98. The number of amides is 4. The first-order valence-electron chi connectivity index (χ1n) is 10.8. The van der Waals surface area contributed by atoms with Crippen LogP contribution in [0.5, 0.6) is 0 Å². The van der Waals surface area contributed by atoms with Crippen molar-refractivity contribution < 1.29 is 39.0 Å². The minimum absolute atomic E-state index is 0.103. The Kier molecular flexibility index (Phi) is 10.7. The van der Waals surface area contributed by atoms with E-state index in [1.54, 1.807) is 0 Å². The standard InChI is InChI=1S/C20H33N5O8/c1-3-10(2)16(22)19(31)25-8-4-5-13(25)18(30)23-11(6-7-15(27)28)17(29)24-12(20(32)33)9-14(21)26/h10-13,16H,3-9,22H2,1-2H3,(H2,21,26)(H,23,30)(H,24,29)(H,27,28)(H,32,33). The molecule has 0 aromatic heterocycles. The van der Waals surface area contributed by atoms with E-state index < -0.39 is 66.7 Å². The van der Waals surface area contributed by atoms with E-state index in [1.165, 1.54) is 4.90 Å². The topological polar surface area (TPSA) is 222 Å². The first-order chi connectivity index (χ1) is 15.4. The van der Waals surface area contributed by atoms with Gasteiger partial charge >= 0.3 is 11.9 Å². The molecule has 33 heavy (non-hydrogen) atoms. The highest BCUT2D eigenvalue weighted by Gasteiger charge is 2.38. The highest BCUT2D eigenvalue weighted by molar-refractivity contribution is 5.95. The second-order valence-electron chi connectivity index (χ2n) is 8.16. The minimum atomic E-state index is -1.64. The van der Waals surface area contributed by atoms with Crippen LogP contribution in [-0.4, -0.2) is 81.4 Å². The number of likely N-dealkylation sites (tertiary alicyclic amines) is 1. The number of hydrogen-bond donors (Lipinski definition) is 6. The Bertz CT molecular complexity index is 774. The van der Waals surface area contributed by atoms with Crippen LogP contribution in [0.2, 0.25) is 0 Å². The van der Waals surface area contributed by atoms with Gasteiger partial charge in [0.2, 0.25) is 23.6 Å². The van der Waals surface area contributed by atoms with Crippen molar-refractivity contribution >= 4 is 35.6 Å². The van der Waals surface area contributed by atoms with Gasteiger partial charge in [-0.1, -0.05) is 20.3 Å². The summed E-state index contributed by atoms with van der Waals surface area (Å²) in [6, 6.07) is -4.73. The Morgan fingerprint density at radius 1 is 1.09 bits per heavy atom. The van der Waals surface area contributed by atoms with Crippen molar-refractivity contribution in [3.05, 3.63) is 0 Å². The van der Waals surface area contributed by atoms with E-state index in [1.807, 2.05) is 13.8 Å². The molecule has 8 N–H and O–H groups in total. The van der Waals surface area contributed by atoms with Crippen molar-refractivity contribution in [3.63, 3.8) is 0 Å². The number of carboxylic acid groups (broad SMARTS) is 2. The van der Waals surface area contributed by atoms with Crippen LogP contribution >= 0.6 is 0 Å². The van der Waals surface area contributed by atoms with Gasteiger partial charge in [0.25, 0.3) is 0 Å². The monoisotopic (exact) mass is 471 g/mol. The molecule has 0 saturated carbocycles. The van der Waals surface area contributed by atoms with E-state index in [-0.39, 0.29) is 18.2 Å². The summed E-state index contributed by atoms with van der Waals surface area (Å²) < 4.78 is 0. The number of carbonyl (C=O) groups excluding carboxylic acids is 4. The molecule has 1 fully saturated rings. The lowest BCUT2D eigenvalue weighted by molar-refractivity contribution is -0.144. The highest BCUT2D eigenvalue weighted by atomic mass is 16.4. The molecular formula is C20H33N5O8. The maximum absolute atomic E-state index is 12.9. The third-order valence-corrected chi connectivity index (χ3v) is 5.68. The van der Waals surface area contributed by atoms with Crippen LogP contribution in [0.4, 0.5) is 0 Å². The largest absolute Gasteiger partial charge is 0.481 e. The molecule has 5 atom stereocenters. The van der Waals surface area contributed by atoms with Crippen molar-refractivity contribution in [2.45, 2.75) is 76.5 Å². The van der Waals surface area contributed by atoms with Gasteiger partial charge in [0, 0.05) is 13.0 Å². The van der Waals surface area contributed by atoms with Crippen LogP contribution in [-0.2, 0) is 28.8 Å². The molecule has 0 bridgehead atoms. The summed E-state index contributed by atoms with van der Waals surface area (Å²) in [4.78, 5) is 73.0. The quantitative estimate of drug-likeness (QED) is 0.177. The zero-order chi connectivity index (χ0) is 25.3. The average Bonchev–Trinajstić information content (AvgIpc) is 3.23. The van der Waals surface area contributed by atoms with E-state index >= 15 is 0 Å². The van der Waals surface area contributed by atoms with Crippen molar-refractivity contribution in [3.8, 4) is 0 Å². The van der Waals surface area contributed by atoms with Gasteiger partial charge in [0.15, 0.2) is 0 Å². The van der Waals surface area contributed by atoms with Crippen LogP contribution in [0, 0.1) is 5.92 Å². The predicted octanol–water partition coefficient (Wildman–Crippen LogP) is -1.85. The zero-order valence-corrected chi connectivity index (χ0v) is 18.8. The highest BCUT2D eigenvalue weighted by Crippen LogP contribution is 2.21. The molecule has 186 valence electrons. The number of carbonyl (C=O) groups is 6. The van der Waals surface area contributed by atoms with Crippen LogP contribution in [0.25, 0.3) is 0 Å². The zero-order valence-electron chi connectivity index (χ0n) is 18.8. The van der Waals surface area contributed by atoms with Crippen molar-refractivity contribution in [2.24, 2.45) is 17.4 Å². The van der Waals surface area contributed by atoms with E-state index in [0.717, 1.165) is 0 Å². The molecular weight excluding hydrogens is 438 g/mol. The summed E-state index contributed by atoms with van der Waals surface area (Å²) in [5, 5.41) is 22.7. The summed E-state index contributed by atoms with van der Waals surface area (Å²) >= 11 is 0. The predicted molar refractivity (Wildman–Crippen MR) is 114 cm³/mol. The fraction of sp³-hybridized carbons (Fsp3) is 0.700.